The van der Waals surface area contributed by atoms with Crippen molar-refractivity contribution in [2.45, 2.75) is 6.04 Å². The zero-order valence-electron chi connectivity index (χ0n) is 13.1. The highest BCUT2D eigenvalue weighted by Gasteiger charge is 2.30. The summed E-state index contributed by atoms with van der Waals surface area (Å²) in [6, 6.07) is 5.40. The summed E-state index contributed by atoms with van der Waals surface area (Å²) in [6.07, 6.45) is 0. The number of aromatic hydroxyl groups is 1. The first kappa shape index (κ1) is 21.6. The van der Waals surface area contributed by atoms with Gasteiger partial charge in [-0.15, -0.1) is 36.2 Å². The summed E-state index contributed by atoms with van der Waals surface area (Å²) in [4.78, 5) is 13.4. The first-order chi connectivity index (χ1) is 11.1. The number of piperazine rings is 1. The van der Waals surface area contributed by atoms with E-state index >= 15 is 0 Å². The lowest BCUT2D eigenvalue weighted by Crippen LogP contribution is -2.45. The lowest BCUT2D eigenvalue weighted by molar-refractivity contribution is -0.385. The SMILES string of the molecule is Cl.Cl.O=[N+]([O-])c1cc(F)c(O)c([C@@H](c2cccs2)N2CCNCC2)c1. The van der Waals surface area contributed by atoms with Crippen molar-refractivity contribution >= 4 is 41.8 Å². The van der Waals surface area contributed by atoms with Crippen LogP contribution in [0.15, 0.2) is 29.6 Å². The average Bonchev–Trinajstić information content (AvgIpc) is 3.06. The highest BCUT2D eigenvalue weighted by Crippen LogP contribution is 2.39. The summed E-state index contributed by atoms with van der Waals surface area (Å²) in [6.45, 7) is 2.98. The van der Waals surface area contributed by atoms with Crippen LogP contribution >= 0.6 is 36.2 Å². The minimum Gasteiger partial charge on any atom is -0.505 e. The van der Waals surface area contributed by atoms with E-state index in [1.807, 2.05) is 17.5 Å². The van der Waals surface area contributed by atoms with Gasteiger partial charge in [-0.25, -0.2) is 4.39 Å². The van der Waals surface area contributed by atoms with Gasteiger partial charge in [0.25, 0.3) is 5.69 Å². The Morgan fingerprint density at radius 2 is 2.00 bits per heavy atom. The smallest absolute Gasteiger partial charge is 0.272 e. The van der Waals surface area contributed by atoms with E-state index in [0.717, 1.165) is 24.0 Å². The Kier molecular flexibility index (Phi) is 8.04. The highest BCUT2D eigenvalue weighted by atomic mass is 35.5. The standard InChI is InChI=1S/C15H16FN3O3S.2ClH/c16-12-9-10(19(21)22)8-11(15(12)20)14(13-2-1-7-23-13)18-5-3-17-4-6-18;;/h1-2,7-9,14,17,20H,3-6H2;2*1H/t14-;;/m0../s1. The van der Waals surface area contributed by atoms with Crippen LogP contribution in [0.25, 0.3) is 0 Å². The van der Waals surface area contributed by atoms with Crippen molar-refractivity contribution in [2.24, 2.45) is 0 Å². The molecule has 0 amide bonds. The molecular formula is C15H18Cl2FN3O3S. The number of nitro benzene ring substituents is 1. The minimum absolute atomic E-state index is 0. The molecular weight excluding hydrogens is 392 g/mol. The van der Waals surface area contributed by atoms with Gasteiger partial charge in [-0.05, 0) is 11.4 Å². The van der Waals surface area contributed by atoms with Crippen LogP contribution in [0.5, 0.6) is 5.75 Å². The molecule has 1 atom stereocenters. The van der Waals surface area contributed by atoms with Gasteiger partial charge in [-0.2, -0.15) is 0 Å². The third kappa shape index (κ3) is 4.59. The molecule has 0 radical (unpaired) electrons. The lowest BCUT2D eigenvalue weighted by atomic mass is 10.0. The average molecular weight is 410 g/mol. The van der Waals surface area contributed by atoms with E-state index < -0.39 is 22.5 Å². The predicted octanol–water partition coefficient (Wildman–Crippen LogP) is 3.34. The molecule has 0 aliphatic carbocycles. The van der Waals surface area contributed by atoms with Crippen LogP contribution in [0, 0.1) is 15.9 Å². The van der Waals surface area contributed by atoms with E-state index in [2.05, 4.69) is 10.2 Å². The lowest BCUT2D eigenvalue weighted by Gasteiger charge is -2.34. The van der Waals surface area contributed by atoms with Gasteiger partial charge in [0.15, 0.2) is 11.6 Å². The summed E-state index contributed by atoms with van der Waals surface area (Å²) in [5.41, 5.74) is -0.118. The van der Waals surface area contributed by atoms with Crippen molar-refractivity contribution in [3.8, 4) is 5.75 Å². The largest absolute Gasteiger partial charge is 0.505 e. The van der Waals surface area contributed by atoms with E-state index in [0.29, 0.717) is 13.1 Å². The molecule has 10 heteroatoms. The molecule has 1 saturated heterocycles. The number of phenolic OH excluding ortho intramolecular Hbond substituents is 1. The monoisotopic (exact) mass is 409 g/mol. The molecule has 2 aromatic rings. The molecule has 6 nitrogen and oxygen atoms in total. The second-order valence-electron chi connectivity index (χ2n) is 5.33. The van der Waals surface area contributed by atoms with Crippen molar-refractivity contribution in [3.63, 3.8) is 0 Å². The van der Waals surface area contributed by atoms with Crippen LogP contribution in [0.2, 0.25) is 0 Å². The second-order valence-corrected chi connectivity index (χ2v) is 6.31. The van der Waals surface area contributed by atoms with E-state index in [-0.39, 0.29) is 36.1 Å². The predicted molar refractivity (Wildman–Crippen MR) is 99.8 cm³/mol. The van der Waals surface area contributed by atoms with Gasteiger partial charge >= 0.3 is 0 Å². The van der Waals surface area contributed by atoms with Crippen molar-refractivity contribution in [1.29, 1.82) is 0 Å². The van der Waals surface area contributed by atoms with Gasteiger partial charge in [-0.1, -0.05) is 6.07 Å². The number of nitro groups is 1. The van der Waals surface area contributed by atoms with Crippen molar-refractivity contribution in [3.05, 3.63) is 56.0 Å². The number of nitrogens with zero attached hydrogens (tertiary/aromatic N) is 2. The number of rotatable bonds is 4. The van der Waals surface area contributed by atoms with E-state index in [9.17, 15) is 19.6 Å². The molecule has 25 heavy (non-hydrogen) atoms. The topological polar surface area (TPSA) is 78.6 Å². The molecule has 0 saturated carbocycles. The van der Waals surface area contributed by atoms with Crippen molar-refractivity contribution in [1.82, 2.24) is 10.2 Å². The fourth-order valence-electron chi connectivity index (χ4n) is 2.84. The molecule has 1 aliphatic heterocycles. The number of phenols is 1. The van der Waals surface area contributed by atoms with Gasteiger partial charge in [-0.3, -0.25) is 15.0 Å². The van der Waals surface area contributed by atoms with E-state index in [4.69, 9.17) is 0 Å². The Labute approximate surface area is 160 Å². The quantitative estimate of drug-likeness (QED) is 0.597. The summed E-state index contributed by atoms with van der Waals surface area (Å²) in [7, 11) is 0. The molecule has 1 fully saturated rings. The summed E-state index contributed by atoms with van der Waals surface area (Å²) in [5.74, 6) is -1.49. The Balaban J connectivity index is 0.00000156. The molecule has 1 aromatic carbocycles. The third-order valence-electron chi connectivity index (χ3n) is 3.91. The first-order valence-corrected chi connectivity index (χ1v) is 8.11. The highest BCUT2D eigenvalue weighted by molar-refractivity contribution is 7.10. The number of halogens is 3. The third-order valence-corrected chi connectivity index (χ3v) is 4.84. The molecule has 1 aromatic heterocycles. The van der Waals surface area contributed by atoms with Crippen LogP contribution in [0.1, 0.15) is 16.5 Å². The Morgan fingerprint density at radius 1 is 1.32 bits per heavy atom. The van der Waals surface area contributed by atoms with Crippen LogP contribution in [0.3, 0.4) is 0 Å². The zero-order valence-corrected chi connectivity index (χ0v) is 15.5. The Hall–Kier alpha value is -1.45. The summed E-state index contributed by atoms with van der Waals surface area (Å²) in [5, 5.41) is 26.3. The normalized spacial score (nSPS) is 15.7. The molecule has 2 N–H and O–H groups in total. The molecule has 0 spiro atoms. The van der Waals surface area contributed by atoms with Crippen molar-refractivity contribution in [2.75, 3.05) is 26.2 Å². The van der Waals surface area contributed by atoms with Gasteiger partial charge < -0.3 is 10.4 Å². The second kappa shape index (κ2) is 9.30. The molecule has 2 heterocycles. The van der Waals surface area contributed by atoms with Crippen molar-refractivity contribution < 1.29 is 14.4 Å². The van der Waals surface area contributed by atoms with E-state index in [1.165, 1.54) is 17.4 Å². The van der Waals surface area contributed by atoms with Gasteiger partial charge in [0, 0.05) is 42.7 Å². The number of hydrogen-bond acceptors (Lipinski definition) is 6. The fourth-order valence-corrected chi connectivity index (χ4v) is 3.71. The number of nitrogens with one attached hydrogen (secondary N) is 1. The van der Waals surface area contributed by atoms with Crippen LogP contribution < -0.4 is 5.32 Å². The fraction of sp³-hybridized carbons (Fsp3) is 0.333. The Bertz CT molecular complexity index is 712. The molecule has 138 valence electrons. The van der Waals surface area contributed by atoms with Gasteiger partial charge in [0.2, 0.25) is 0 Å². The number of hydrogen-bond donors (Lipinski definition) is 2. The number of thiophene rings is 1. The molecule has 0 bridgehead atoms. The molecule has 0 unspecified atom stereocenters. The minimum atomic E-state index is -0.967. The van der Waals surface area contributed by atoms with Crippen LogP contribution in [-0.4, -0.2) is 41.1 Å². The van der Waals surface area contributed by atoms with Gasteiger partial charge in [0.05, 0.1) is 17.0 Å². The van der Waals surface area contributed by atoms with Crippen LogP contribution in [-0.2, 0) is 0 Å². The maximum Gasteiger partial charge on any atom is 0.272 e. The molecule has 3 rings (SSSR count). The Morgan fingerprint density at radius 3 is 2.56 bits per heavy atom. The maximum atomic E-state index is 14.0. The summed E-state index contributed by atoms with van der Waals surface area (Å²) >= 11 is 1.48. The van der Waals surface area contributed by atoms with Crippen LogP contribution in [0.4, 0.5) is 10.1 Å². The first-order valence-electron chi connectivity index (χ1n) is 7.23. The maximum absolute atomic E-state index is 14.0. The van der Waals surface area contributed by atoms with Gasteiger partial charge in [0.1, 0.15) is 0 Å². The molecule has 1 aliphatic rings. The number of non-ortho nitro benzene ring substituents is 1. The summed E-state index contributed by atoms with van der Waals surface area (Å²) < 4.78 is 14.0. The zero-order chi connectivity index (χ0) is 16.4. The van der Waals surface area contributed by atoms with E-state index in [1.54, 1.807) is 0 Å². The number of benzene rings is 1.